The Bertz CT molecular complexity index is 1620. The quantitative estimate of drug-likeness (QED) is 0.0228. The van der Waals surface area contributed by atoms with Crippen molar-refractivity contribution in [3.05, 3.63) is 72.9 Å². The van der Waals surface area contributed by atoms with Crippen LogP contribution in [0.25, 0.3) is 0 Å². The minimum Gasteiger partial charge on any atom is -0.479 e. The zero-order valence-electron chi connectivity index (χ0n) is 48.7. The summed E-state index contributed by atoms with van der Waals surface area (Å²) in [6.07, 6.45) is 54.3. The number of allylic oxidation sites excluding steroid dienone is 12. The molecule has 0 saturated carbocycles. The van der Waals surface area contributed by atoms with E-state index in [0.29, 0.717) is 19.3 Å². The number of carbonyl (C=O) groups is 4. The molecule has 3 N–H and O–H groups in total. The van der Waals surface area contributed by atoms with Crippen LogP contribution in [0.3, 0.4) is 0 Å². The number of hydrogen-bond acceptors (Lipinski definition) is 11. The Balaban J connectivity index is 2.67. The van der Waals surface area contributed by atoms with Crippen LogP contribution in [-0.4, -0.2) is 89.2 Å². The van der Waals surface area contributed by atoms with Gasteiger partial charge in [0.1, 0.15) is 18.8 Å². The third-order valence-electron chi connectivity index (χ3n) is 13.7. The number of unbranched alkanes of at least 4 members (excludes halogenated alkanes) is 26. The van der Waals surface area contributed by atoms with E-state index in [2.05, 4.69) is 93.7 Å². The van der Waals surface area contributed by atoms with E-state index in [1.165, 1.54) is 70.6 Å². The van der Waals surface area contributed by atoms with Gasteiger partial charge in [-0.05, 0) is 109 Å². The van der Waals surface area contributed by atoms with Crippen LogP contribution in [0.2, 0.25) is 0 Å². The largest absolute Gasteiger partial charge is 0.479 e. The molecule has 1 aliphatic heterocycles. The minimum absolute atomic E-state index is 0.0511. The van der Waals surface area contributed by atoms with Gasteiger partial charge < -0.3 is 39.0 Å². The van der Waals surface area contributed by atoms with Crippen LogP contribution >= 0.6 is 0 Å². The molecule has 0 aliphatic carbocycles. The highest BCUT2D eigenvalue weighted by Gasteiger charge is 2.50. The van der Waals surface area contributed by atoms with Gasteiger partial charge in [0.05, 0.1) is 6.61 Å². The molecule has 1 rings (SSSR count). The standard InChI is InChI=1S/C65H110O12/c1-4-7-10-13-16-19-22-25-27-28-29-30-32-35-38-41-44-47-50-53-59(68)76-63-61(70)60(69)62(64(71)72)77-65(63)74-55-56(75-58(67)52-49-46-43-40-37-33-24-21-18-15-12-9-6-3)54-73-57(66)51-48-45-42-39-36-34-31-26-23-20-17-14-11-8-5-2/h12,15-17,19-21,24-27,31,56,60-63,65,69-70H,4-11,13-14,18,22-23,28-30,32-55H2,1-3H3,(H,71,72)/b15-12-,19-16-,20-17-,24-21-,27-25-,31-26-. The normalized spacial score (nSPS) is 18.5. The monoisotopic (exact) mass is 1080 g/mol. The van der Waals surface area contributed by atoms with Gasteiger partial charge in [-0.3, -0.25) is 14.4 Å². The van der Waals surface area contributed by atoms with E-state index >= 15 is 0 Å². The molecule has 442 valence electrons. The number of carbonyl (C=O) groups excluding carboxylic acids is 3. The molecule has 1 aliphatic rings. The number of rotatable bonds is 52. The molecule has 6 atom stereocenters. The Morgan fingerprint density at radius 2 is 0.805 bits per heavy atom. The van der Waals surface area contributed by atoms with E-state index in [0.717, 1.165) is 135 Å². The third-order valence-corrected chi connectivity index (χ3v) is 13.7. The van der Waals surface area contributed by atoms with Crippen molar-refractivity contribution in [2.24, 2.45) is 0 Å². The van der Waals surface area contributed by atoms with Crippen LogP contribution in [0.5, 0.6) is 0 Å². The van der Waals surface area contributed by atoms with E-state index < -0.39 is 67.3 Å². The molecule has 0 spiro atoms. The molecule has 1 fully saturated rings. The summed E-state index contributed by atoms with van der Waals surface area (Å²) in [5.41, 5.74) is 0. The smallest absolute Gasteiger partial charge is 0.335 e. The molecular formula is C65H110O12. The SMILES string of the molecule is CCC/C=C\C/C=C\CCCCCCCC(=O)OC(COC(=O)CCCCCCC/C=C\C/C=C\CCCCC)COC1OC(C(=O)O)C(O)C(O)C1OC(=O)CCCCCCCCCCC/C=C\C/C=C\CCCCC. The molecule has 0 aromatic heterocycles. The van der Waals surface area contributed by atoms with Crippen LogP contribution in [-0.2, 0) is 42.9 Å². The van der Waals surface area contributed by atoms with Crippen molar-refractivity contribution in [1.82, 2.24) is 0 Å². The van der Waals surface area contributed by atoms with Crippen molar-refractivity contribution >= 4 is 23.9 Å². The lowest BCUT2D eigenvalue weighted by molar-refractivity contribution is -0.301. The number of carboxylic acid groups (broad SMARTS) is 1. The first-order valence-corrected chi connectivity index (χ1v) is 30.9. The predicted octanol–water partition coefficient (Wildman–Crippen LogP) is 16.1. The summed E-state index contributed by atoms with van der Waals surface area (Å²) in [5, 5.41) is 31.5. The Morgan fingerprint density at radius 3 is 1.22 bits per heavy atom. The van der Waals surface area contributed by atoms with Crippen molar-refractivity contribution in [3.63, 3.8) is 0 Å². The van der Waals surface area contributed by atoms with Crippen molar-refractivity contribution in [3.8, 4) is 0 Å². The Kier molecular flexibility index (Phi) is 48.8. The minimum atomic E-state index is -1.91. The first-order chi connectivity index (χ1) is 37.6. The second kappa shape index (κ2) is 52.8. The van der Waals surface area contributed by atoms with Gasteiger partial charge >= 0.3 is 23.9 Å². The highest BCUT2D eigenvalue weighted by molar-refractivity contribution is 5.74. The van der Waals surface area contributed by atoms with Crippen LogP contribution < -0.4 is 0 Å². The average Bonchev–Trinajstić information content (AvgIpc) is 3.42. The maximum absolute atomic E-state index is 13.1. The van der Waals surface area contributed by atoms with Gasteiger partial charge in [-0.2, -0.15) is 0 Å². The summed E-state index contributed by atoms with van der Waals surface area (Å²) in [6, 6.07) is 0. The van der Waals surface area contributed by atoms with E-state index in [1.807, 2.05) is 0 Å². The van der Waals surface area contributed by atoms with E-state index in [4.69, 9.17) is 23.7 Å². The van der Waals surface area contributed by atoms with E-state index in [-0.39, 0.29) is 25.9 Å². The first-order valence-electron chi connectivity index (χ1n) is 30.9. The van der Waals surface area contributed by atoms with Gasteiger partial charge in [0.15, 0.2) is 24.6 Å². The van der Waals surface area contributed by atoms with Crippen molar-refractivity contribution in [2.45, 2.75) is 302 Å². The number of hydrogen-bond donors (Lipinski definition) is 3. The highest BCUT2D eigenvalue weighted by atomic mass is 16.7. The molecule has 77 heavy (non-hydrogen) atoms. The molecule has 1 saturated heterocycles. The van der Waals surface area contributed by atoms with Gasteiger partial charge in [0.25, 0.3) is 0 Å². The van der Waals surface area contributed by atoms with E-state index in [1.54, 1.807) is 0 Å². The summed E-state index contributed by atoms with van der Waals surface area (Å²) < 4.78 is 28.4. The molecule has 12 heteroatoms. The summed E-state index contributed by atoms with van der Waals surface area (Å²) in [4.78, 5) is 51.2. The van der Waals surface area contributed by atoms with Crippen molar-refractivity contribution < 1.29 is 58.2 Å². The highest BCUT2D eigenvalue weighted by Crippen LogP contribution is 2.26. The topological polar surface area (TPSA) is 175 Å². The Morgan fingerprint density at radius 1 is 0.429 bits per heavy atom. The van der Waals surface area contributed by atoms with Gasteiger partial charge in [0.2, 0.25) is 0 Å². The molecule has 0 radical (unpaired) electrons. The van der Waals surface area contributed by atoms with Crippen LogP contribution in [0.4, 0.5) is 0 Å². The number of esters is 3. The van der Waals surface area contributed by atoms with Crippen molar-refractivity contribution in [1.29, 1.82) is 0 Å². The van der Waals surface area contributed by atoms with Crippen LogP contribution in [0.1, 0.15) is 265 Å². The molecule has 6 unspecified atom stereocenters. The van der Waals surface area contributed by atoms with Gasteiger partial charge in [-0.25, -0.2) is 4.79 Å². The molecule has 0 amide bonds. The number of carboxylic acids is 1. The number of aliphatic carboxylic acids is 1. The summed E-state index contributed by atoms with van der Waals surface area (Å²) in [6.45, 7) is 5.86. The zero-order chi connectivity index (χ0) is 56.1. The lowest BCUT2D eigenvalue weighted by Gasteiger charge is -2.40. The maximum Gasteiger partial charge on any atom is 0.335 e. The third kappa shape index (κ3) is 42.7. The maximum atomic E-state index is 13.1. The average molecular weight is 1080 g/mol. The fourth-order valence-electron chi connectivity index (χ4n) is 8.94. The number of ether oxygens (including phenoxy) is 5. The Hall–Kier alpha value is -3.84. The lowest BCUT2D eigenvalue weighted by Crippen LogP contribution is -2.61. The van der Waals surface area contributed by atoms with Gasteiger partial charge in [0, 0.05) is 19.3 Å². The second-order valence-electron chi connectivity index (χ2n) is 21.0. The molecule has 0 aromatic rings. The second-order valence-corrected chi connectivity index (χ2v) is 21.0. The van der Waals surface area contributed by atoms with Gasteiger partial charge in [-0.1, -0.05) is 209 Å². The fraction of sp³-hybridized carbons (Fsp3) is 0.754. The fourth-order valence-corrected chi connectivity index (χ4v) is 8.94. The summed E-state index contributed by atoms with van der Waals surface area (Å²) in [7, 11) is 0. The van der Waals surface area contributed by atoms with Crippen LogP contribution in [0.15, 0.2) is 72.9 Å². The van der Waals surface area contributed by atoms with Crippen molar-refractivity contribution in [2.75, 3.05) is 13.2 Å². The van der Waals surface area contributed by atoms with Gasteiger partial charge in [-0.15, -0.1) is 0 Å². The first kappa shape index (κ1) is 71.2. The lowest BCUT2D eigenvalue weighted by atomic mass is 9.98. The number of aliphatic hydroxyl groups excluding tert-OH is 2. The molecule has 1 heterocycles. The summed E-state index contributed by atoms with van der Waals surface area (Å²) >= 11 is 0. The number of aliphatic hydroxyl groups is 2. The molecular weight excluding hydrogens is 973 g/mol. The zero-order valence-corrected chi connectivity index (χ0v) is 48.7. The molecule has 12 nitrogen and oxygen atoms in total. The molecule has 0 bridgehead atoms. The predicted molar refractivity (Wildman–Crippen MR) is 312 cm³/mol. The van der Waals surface area contributed by atoms with Crippen LogP contribution in [0, 0.1) is 0 Å². The Labute approximate surface area is 468 Å². The van der Waals surface area contributed by atoms with E-state index in [9.17, 15) is 34.5 Å². The summed E-state index contributed by atoms with van der Waals surface area (Å²) in [5.74, 6) is -3.16. The molecule has 0 aromatic carbocycles.